The van der Waals surface area contributed by atoms with Crippen LogP contribution >= 0.6 is 11.3 Å². The highest BCUT2D eigenvalue weighted by Crippen LogP contribution is 2.56. The Morgan fingerprint density at radius 1 is 1.37 bits per heavy atom. The van der Waals surface area contributed by atoms with Crippen molar-refractivity contribution >= 4 is 17.2 Å². The lowest BCUT2D eigenvalue weighted by Crippen LogP contribution is -2.49. The molecule has 0 saturated carbocycles. The molecule has 2 aromatic heterocycles. The summed E-state index contributed by atoms with van der Waals surface area (Å²) in [5, 5.41) is 9.86. The van der Waals surface area contributed by atoms with Crippen LogP contribution in [0.15, 0.2) is 36.7 Å². The van der Waals surface area contributed by atoms with Crippen molar-refractivity contribution in [2.45, 2.75) is 56.8 Å². The second-order valence-electron chi connectivity index (χ2n) is 9.23. The molecule has 0 aromatic carbocycles. The molecule has 3 atom stereocenters. The largest absolute Gasteiger partial charge is 0.378 e. The molecule has 1 amide bonds. The van der Waals surface area contributed by atoms with Gasteiger partial charge in [-0.1, -0.05) is 17.9 Å². The summed E-state index contributed by atoms with van der Waals surface area (Å²) in [7, 11) is 0. The van der Waals surface area contributed by atoms with E-state index in [1.165, 1.54) is 4.88 Å². The molecule has 0 bridgehead atoms. The number of aromatic nitrogens is 1. The van der Waals surface area contributed by atoms with Crippen LogP contribution in [0.1, 0.15) is 54.5 Å². The molecule has 5 rings (SSSR count). The molecule has 3 saturated heterocycles. The average molecular weight is 422 g/mol. The summed E-state index contributed by atoms with van der Waals surface area (Å²) < 4.78 is 0. The summed E-state index contributed by atoms with van der Waals surface area (Å²) in [5.41, 5.74) is -0.218. The van der Waals surface area contributed by atoms with Crippen LogP contribution in [0.5, 0.6) is 0 Å². The third-order valence-corrected chi connectivity index (χ3v) is 7.77. The minimum Gasteiger partial charge on any atom is -0.378 e. The van der Waals surface area contributed by atoms with E-state index in [1.807, 2.05) is 29.3 Å². The highest BCUT2D eigenvalue weighted by Gasteiger charge is 2.65. The maximum absolute atomic E-state index is 13.6. The molecule has 0 unspecified atom stereocenters. The number of pyridine rings is 1. The Morgan fingerprint density at radius 3 is 3.00 bits per heavy atom. The molecular weight excluding hydrogens is 394 g/mol. The van der Waals surface area contributed by atoms with Gasteiger partial charge in [-0.2, -0.15) is 0 Å². The summed E-state index contributed by atoms with van der Waals surface area (Å²) >= 11 is 1.70. The number of hydrogen-bond donors (Lipinski definition) is 1. The minimum atomic E-state index is -0.988. The molecule has 0 radical (unpaired) electrons. The molecule has 3 aliphatic rings. The van der Waals surface area contributed by atoms with Gasteiger partial charge < -0.3 is 10.0 Å². The van der Waals surface area contributed by atoms with E-state index >= 15 is 0 Å². The number of nitrogens with zero attached hydrogens (tertiary/aromatic N) is 3. The van der Waals surface area contributed by atoms with Gasteiger partial charge in [-0.15, -0.1) is 11.3 Å². The summed E-state index contributed by atoms with van der Waals surface area (Å²) in [4.78, 5) is 24.6. The second kappa shape index (κ2) is 7.19. The van der Waals surface area contributed by atoms with Crippen LogP contribution in [0.3, 0.4) is 0 Å². The van der Waals surface area contributed by atoms with Gasteiger partial charge in [0.15, 0.2) is 0 Å². The third-order valence-electron chi connectivity index (χ3n) is 6.67. The monoisotopic (exact) mass is 421 g/mol. The lowest BCUT2D eigenvalue weighted by Gasteiger charge is -2.33. The van der Waals surface area contributed by atoms with Gasteiger partial charge in [-0.05, 0) is 63.4 Å². The summed E-state index contributed by atoms with van der Waals surface area (Å²) in [6.45, 7) is 5.86. The summed E-state index contributed by atoms with van der Waals surface area (Å²) in [6, 6.07) is 8.48. The van der Waals surface area contributed by atoms with Gasteiger partial charge in [0.1, 0.15) is 11.1 Å². The molecule has 6 heteroatoms. The molecule has 5 nitrogen and oxygen atoms in total. The smallest absolute Gasteiger partial charge is 0.243 e. The van der Waals surface area contributed by atoms with Crippen LogP contribution in [-0.2, 0) is 11.3 Å². The topological polar surface area (TPSA) is 56.7 Å². The molecule has 156 valence electrons. The van der Waals surface area contributed by atoms with E-state index in [0.717, 1.165) is 42.8 Å². The fraction of sp³-hybridized carbons (Fsp3) is 0.500. The molecule has 1 N–H and O–H groups in total. The maximum atomic E-state index is 13.6. The lowest BCUT2D eigenvalue weighted by molar-refractivity contribution is -0.137. The van der Waals surface area contributed by atoms with Crippen molar-refractivity contribution in [1.29, 1.82) is 0 Å². The van der Waals surface area contributed by atoms with Crippen molar-refractivity contribution < 1.29 is 9.90 Å². The van der Waals surface area contributed by atoms with Gasteiger partial charge in [0.25, 0.3) is 0 Å². The number of amides is 1. The zero-order valence-corrected chi connectivity index (χ0v) is 18.3. The van der Waals surface area contributed by atoms with Gasteiger partial charge in [0.2, 0.25) is 5.91 Å². The second-order valence-corrected chi connectivity index (χ2v) is 10.3. The number of carbonyl (C=O) groups is 1. The van der Waals surface area contributed by atoms with Gasteiger partial charge >= 0.3 is 0 Å². The Balaban J connectivity index is 1.38. The van der Waals surface area contributed by atoms with Crippen LogP contribution in [-0.4, -0.2) is 50.0 Å². The highest BCUT2D eigenvalue weighted by molar-refractivity contribution is 7.12. The number of hydrogen-bond acceptors (Lipinski definition) is 5. The Kier molecular flexibility index (Phi) is 4.73. The van der Waals surface area contributed by atoms with Crippen LogP contribution in [0.2, 0.25) is 0 Å². The van der Waals surface area contributed by atoms with Gasteiger partial charge in [0.05, 0.1) is 4.88 Å². The molecule has 5 heterocycles. The number of aliphatic hydroxyl groups is 1. The van der Waals surface area contributed by atoms with Crippen molar-refractivity contribution in [1.82, 2.24) is 14.8 Å². The third kappa shape index (κ3) is 3.26. The minimum absolute atomic E-state index is 0.296. The maximum Gasteiger partial charge on any atom is 0.243 e. The van der Waals surface area contributed by atoms with Crippen LogP contribution in [0, 0.1) is 17.8 Å². The van der Waals surface area contributed by atoms with Crippen molar-refractivity contribution in [3.05, 3.63) is 52.0 Å². The summed E-state index contributed by atoms with van der Waals surface area (Å²) in [6.07, 6.45) is 6.70. The van der Waals surface area contributed by atoms with Crippen molar-refractivity contribution in [3.63, 3.8) is 0 Å². The van der Waals surface area contributed by atoms with Gasteiger partial charge in [0, 0.05) is 42.3 Å². The van der Waals surface area contributed by atoms with E-state index in [1.54, 1.807) is 31.4 Å². The SMILES string of the molecule is CC(C)(O)C#Cc1ccc([C@@H]2C[C@H]3CN(Cc4cccnc4)C(=O)[C@]34CCCN24)s1. The van der Waals surface area contributed by atoms with Crippen LogP contribution < -0.4 is 0 Å². The van der Waals surface area contributed by atoms with E-state index in [0.29, 0.717) is 24.4 Å². The van der Waals surface area contributed by atoms with E-state index in [9.17, 15) is 9.90 Å². The highest BCUT2D eigenvalue weighted by atomic mass is 32.1. The standard InChI is InChI=1S/C24H27N3O2S/c1-23(2,29)10-8-19-6-7-21(30-19)20-13-18-16-26(15-17-5-3-11-25-14-17)22(28)24(18)9-4-12-27(20)24/h3,5-7,11,14,18,20,29H,4,9,12-13,15-16H2,1-2H3/t18-,20-,24-/m0/s1. The predicted octanol–water partition coefficient (Wildman–Crippen LogP) is 3.20. The molecule has 0 aliphatic carbocycles. The lowest BCUT2D eigenvalue weighted by atomic mass is 9.85. The quantitative estimate of drug-likeness (QED) is 0.774. The zero-order chi connectivity index (χ0) is 20.9. The number of thiophene rings is 1. The first-order valence-electron chi connectivity index (χ1n) is 10.7. The van der Waals surface area contributed by atoms with Gasteiger partial charge in [-0.3, -0.25) is 14.7 Å². The Hall–Kier alpha value is -2.20. The number of rotatable bonds is 3. The van der Waals surface area contributed by atoms with E-state index in [2.05, 4.69) is 27.8 Å². The Bertz CT molecular complexity index is 1020. The Morgan fingerprint density at radius 2 is 2.23 bits per heavy atom. The summed E-state index contributed by atoms with van der Waals surface area (Å²) in [5.74, 6) is 6.68. The molecule has 30 heavy (non-hydrogen) atoms. The van der Waals surface area contributed by atoms with E-state index in [-0.39, 0.29) is 5.54 Å². The van der Waals surface area contributed by atoms with Crippen molar-refractivity contribution in [2.75, 3.05) is 13.1 Å². The van der Waals surface area contributed by atoms with Crippen molar-refractivity contribution in [2.24, 2.45) is 5.92 Å². The number of likely N-dealkylation sites (tertiary alicyclic amines) is 1. The molecule has 3 aliphatic heterocycles. The predicted molar refractivity (Wildman–Crippen MR) is 117 cm³/mol. The van der Waals surface area contributed by atoms with E-state index in [4.69, 9.17) is 0 Å². The first-order valence-corrected chi connectivity index (χ1v) is 11.5. The zero-order valence-electron chi connectivity index (χ0n) is 17.5. The average Bonchev–Trinajstić information content (AvgIpc) is 3.45. The first kappa shape index (κ1) is 19.7. The fourth-order valence-electron chi connectivity index (χ4n) is 5.51. The fourth-order valence-corrected chi connectivity index (χ4v) is 6.50. The molecular formula is C24H27N3O2S. The van der Waals surface area contributed by atoms with Crippen LogP contribution in [0.25, 0.3) is 0 Å². The molecule has 2 aromatic rings. The number of carbonyl (C=O) groups excluding carboxylic acids is 1. The molecule has 3 fully saturated rings. The van der Waals surface area contributed by atoms with Crippen molar-refractivity contribution in [3.8, 4) is 11.8 Å². The van der Waals surface area contributed by atoms with Gasteiger partial charge in [-0.25, -0.2) is 0 Å². The molecule has 1 spiro atoms. The van der Waals surface area contributed by atoms with Crippen LogP contribution in [0.4, 0.5) is 0 Å². The Labute approximate surface area is 181 Å². The first-order chi connectivity index (χ1) is 14.4. The normalized spacial score (nSPS) is 28.4. The van der Waals surface area contributed by atoms with E-state index < -0.39 is 5.60 Å².